The van der Waals surface area contributed by atoms with Gasteiger partial charge in [-0.15, -0.1) is 0 Å². The van der Waals surface area contributed by atoms with Crippen LogP contribution in [-0.4, -0.2) is 31.2 Å². The highest BCUT2D eigenvalue weighted by molar-refractivity contribution is 5.87. The molecule has 0 aliphatic carbocycles. The van der Waals surface area contributed by atoms with E-state index in [1.807, 2.05) is 0 Å². The summed E-state index contributed by atoms with van der Waals surface area (Å²) >= 11 is 0. The second-order valence-electron chi connectivity index (χ2n) is 6.01. The van der Waals surface area contributed by atoms with Crippen LogP contribution in [0.1, 0.15) is 24.2 Å². The van der Waals surface area contributed by atoms with Crippen LogP contribution in [0.2, 0.25) is 0 Å². The minimum absolute atomic E-state index is 0.0562. The number of ether oxygens (including phenoxy) is 4. The van der Waals surface area contributed by atoms with Crippen molar-refractivity contribution in [3.63, 3.8) is 0 Å². The van der Waals surface area contributed by atoms with E-state index < -0.39 is 17.0 Å². The number of fused-ring (bicyclic) bond motifs is 1. The maximum atomic E-state index is 12.1. The number of nitro benzene ring substituents is 1. The maximum Gasteiger partial charge on any atom is 0.331 e. The number of carbonyl (C=O) groups excluding carboxylic acids is 1. The third-order valence-electron chi connectivity index (χ3n) is 4.11. The molecule has 3 rings (SSSR count). The summed E-state index contributed by atoms with van der Waals surface area (Å²) in [5.74, 6) is 1.01. The van der Waals surface area contributed by atoms with Gasteiger partial charge < -0.3 is 18.9 Å². The highest BCUT2D eigenvalue weighted by Crippen LogP contribution is 2.40. The van der Waals surface area contributed by atoms with E-state index in [0.29, 0.717) is 41.6 Å². The standard InChI is InChI=1S/C20H19NO7/c1-13(15-4-3-5-16(12-15)21(23)24)28-19(22)7-6-14-10-17(25-2)20-18(11-14)26-8-9-27-20/h3-7,10-13H,8-9H2,1-2H3/b7-6+/t13-/m1/s1. The topological polar surface area (TPSA) is 97.1 Å². The monoisotopic (exact) mass is 385 g/mol. The Morgan fingerprint density at radius 1 is 1.25 bits per heavy atom. The number of hydrogen-bond acceptors (Lipinski definition) is 7. The molecule has 1 atom stereocenters. The third-order valence-corrected chi connectivity index (χ3v) is 4.11. The molecular weight excluding hydrogens is 366 g/mol. The number of nitrogens with zero attached hydrogens (tertiary/aromatic N) is 1. The Kier molecular flexibility index (Phi) is 5.78. The van der Waals surface area contributed by atoms with Gasteiger partial charge in [-0.05, 0) is 36.3 Å². The van der Waals surface area contributed by atoms with Gasteiger partial charge in [0.05, 0.1) is 12.0 Å². The molecule has 146 valence electrons. The van der Waals surface area contributed by atoms with Crippen LogP contribution in [0.4, 0.5) is 5.69 Å². The lowest BCUT2D eigenvalue weighted by atomic mass is 10.1. The summed E-state index contributed by atoms with van der Waals surface area (Å²) in [4.78, 5) is 22.5. The molecule has 8 nitrogen and oxygen atoms in total. The van der Waals surface area contributed by atoms with E-state index in [1.54, 1.807) is 37.3 Å². The summed E-state index contributed by atoms with van der Waals surface area (Å²) < 4.78 is 21.7. The average Bonchev–Trinajstić information content (AvgIpc) is 2.71. The normalized spacial score (nSPS) is 13.8. The predicted octanol–water partition coefficient (Wildman–Crippen LogP) is 3.69. The van der Waals surface area contributed by atoms with Crippen molar-refractivity contribution in [1.29, 1.82) is 0 Å². The van der Waals surface area contributed by atoms with Crippen molar-refractivity contribution in [2.75, 3.05) is 20.3 Å². The second-order valence-corrected chi connectivity index (χ2v) is 6.01. The quantitative estimate of drug-likeness (QED) is 0.324. The summed E-state index contributed by atoms with van der Waals surface area (Å²) in [5.41, 5.74) is 1.16. The predicted molar refractivity (Wildman–Crippen MR) is 101 cm³/mol. The maximum absolute atomic E-state index is 12.1. The van der Waals surface area contributed by atoms with Crippen molar-refractivity contribution in [1.82, 2.24) is 0 Å². The van der Waals surface area contributed by atoms with E-state index in [1.165, 1.54) is 25.3 Å². The summed E-state index contributed by atoms with van der Waals surface area (Å²) in [6, 6.07) is 9.45. The molecule has 0 bridgehead atoms. The van der Waals surface area contributed by atoms with Crippen LogP contribution in [0.15, 0.2) is 42.5 Å². The molecule has 0 amide bonds. The van der Waals surface area contributed by atoms with Gasteiger partial charge in [-0.3, -0.25) is 10.1 Å². The first-order valence-corrected chi connectivity index (χ1v) is 8.58. The van der Waals surface area contributed by atoms with Crippen molar-refractivity contribution in [2.24, 2.45) is 0 Å². The van der Waals surface area contributed by atoms with Crippen LogP contribution >= 0.6 is 0 Å². The molecule has 0 fully saturated rings. The molecule has 0 N–H and O–H groups in total. The first kappa shape index (κ1) is 19.2. The van der Waals surface area contributed by atoms with E-state index >= 15 is 0 Å². The van der Waals surface area contributed by atoms with Crippen LogP contribution in [0, 0.1) is 10.1 Å². The lowest BCUT2D eigenvalue weighted by molar-refractivity contribution is -0.385. The zero-order chi connectivity index (χ0) is 20.1. The van der Waals surface area contributed by atoms with Gasteiger partial charge in [-0.25, -0.2) is 4.79 Å². The van der Waals surface area contributed by atoms with E-state index in [-0.39, 0.29) is 5.69 Å². The van der Waals surface area contributed by atoms with Crippen LogP contribution < -0.4 is 14.2 Å². The minimum atomic E-state index is -0.633. The van der Waals surface area contributed by atoms with E-state index in [9.17, 15) is 14.9 Å². The minimum Gasteiger partial charge on any atom is -0.493 e. The molecule has 1 aliphatic rings. The van der Waals surface area contributed by atoms with Crippen molar-refractivity contribution in [2.45, 2.75) is 13.0 Å². The van der Waals surface area contributed by atoms with Gasteiger partial charge in [0.15, 0.2) is 11.5 Å². The lowest BCUT2D eigenvalue weighted by Crippen LogP contribution is -2.16. The Morgan fingerprint density at radius 2 is 2.04 bits per heavy atom. The number of hydrogen-bond donors (Lipinski definition) is 0. The number of benzene rings is 2. The number of esters is 1. The van der Waals surface area contributed by atoms with Gasteiger partial charge in [0, 0.05) is 18.2 Å². The Bertz CT molecular complexity index is 906. The summed E-state index contributed by atoms with van der Waals surface area (Å²) in [7, 11) is 1.52. The van der Waals surface area contributed by atoms with E-state index in [4.69, 9.17) is 18.9 Å². The number of methoxy groups -OCH3 is 1. The molecule has 0 unspecified atom stereocenters. The highest BCUT2D eigenvalue weighted by Gasteiger charge is 2.18. The summed E-state index contributed by atoms with van der Waals surface area (Å²) in [6.07, 6.45) is 2.22. The SMILES string of the molecule is COc1cc(/C=C/C(=O)O[C@H](C)c2cccc([N+](=O)[O-])c2)cc2c1OCCO2. The fraction of sp³-hybridized carbons (Fsp3) is 0.250. The van der Waals surface area contributed by atoms with Crippen LogP contribution in [-0.2, 0) is 9.53 Å². The van der Waals surface area contributed by atoms with Crippen molar-refractivity contribution in [3.05, 3.63) is 63.7 Å². The molecule has 8 heteroatoms. The van der Waals surface area contributed by atoms with Crippen molar-refractivity contribution < 1.29 is 28.7 Å². The van der Waals surface area contributed by atoms with Crippen molar-refractivity contribution >= 4 is 17.7 Å². The molecule has 1 aliphatic heterocycles. The fourth-order valence-corrected chi connectivity index (χ4v) is 2.73. The Morgan fingerprint density at radius 3 is 2.79 bits per heavy atom. The smallest absolute Gasteiger partial charge is 0.331 e. The molecule has 2 aromatic carbocycles. The van der Waals surface area contributed by atoms with Crippen LogP contribution in [0.3, 0.4) is 0 Å². The number of carbonyl (C=O) groups is 1. The fourth-order valence-electron chi connectivity index (χ4n) is 2.73. The van der Waals surface area contributed by atoms with Crippen LogP contribution in [0.5, 0.6) is 17.2 Å². The number of non-ortho nitro benzene ring substituents is 1. The molecule has 0 radical (unpaired) electrons. The third kappa shape index (κ3) is 4.40. The van der Waals surface area contributed by atoms with Gasteiger partial charge in [-0.2, -0.15) is 0 Å². The zero-order valence-electron chi connectivity index (χ0n) is 15.4. The highest BCUT2D eigenvalue weighted by atomic mass is 16.6. The zero-order valence-corrected chi connectivity index (χ0v) is 15.4. The number of rotatable bonds is 6. The molecule has 28 heavy (non-hydrogen) atoms. The Hall–Kier alpha value is -3.55. The molecule has 1 heterocycles. The molecule has 0 spiro atoms. The van der Waals surface area contributed by atoms with Crippen molar-refractivity contribution in [3.8, 4) is 17.2 Å². The second kappa shape index (κ2) is 8.43. The van der Waals surface area contributed by atoms with Gasteiger partial charge in [-0.1, -0.05) is 12.1 Å². The molecule has 2 aromatic rings. The van der Waals surface area contributed by atoms with Gasteiger partial charge in [0.25, 0.3) is 5.69 Å². The number of nitro groups is 1. The first-order chi connectivity index (χ1) is 13.5. The van der Waals surface area contributed by atoms with Gasteiger partial charge in [0.2, 0.25) is 5.75 Å². The van der Waals surface area contributed by atoms with E-state index in [2.05, 4.69) is 0 Å². The first-order valence-electron chi connectivity index (χ1n) is 8.58. The average molecular weight is 385 g/mol. The summed E-state index contributed by atoms with van der Waals surface area (Å²) in [6.45, 7) is 2.53. The molecular formula is C20H19NO7. The van der Waals surface area contributed by atoms with E-state index in [0.717, 1.165) is 0 Å². The van der Waals surface area contributed by atoms with Gasteiger partial charge in [0.1, 0.15) is 19.3 Å². The van der Waals surface area contributed by atoms with Gasteiger partial charge >= 0.3 is 5.97 Å². The molecule has 0 aromatic heterocycles. The molecule has 0 saturated heterocycles. The Balaban J connectivity index is 1.70. The van der Waals surface area contributed by atoms with Crippen LogP contribution in [0.25, 0.3) is 6.08 Å². The summed E-state index contributed by atoms with van der Waals surface area (Å²) in [5, 5.41) is 10.9. The largest absolute Gasteiger partial charge is 0.493 e. The lowest BCUT2D eigenvalue weighted by Gasteiger charge is -2.20. The Labute approximate surface area is 161 Å². The molecule has 0 saturated carbocycles.